The van der Waals surface area contributed by atoms with Gasteiger partial charge in [-0.1, -0.05) is 0 Å². The van der Waals surface area contributed by atoms with Gasteiger partial charge in [-0.05, 0) is 13.0 Å². The van der Waals surface area contributed by atoms with Crippen molar-refractivity contribution in [1.82, 2.24) is 5.32 Å². The Morgan fingerprint density at radius 2 is 2.04 bits per heavy atom. The van der Waals surface area contributed by atoms with E-state index in [4.69, 9.17) is 4.74 Å². The molecular weight excluding hydrogens is 317 g/mol. The molecule has 0 radical (unpaired) electrons. The first-order valence-corrected chi connectivity index (χ1v) is 6.84. The maximum Gasteiger partial charge on any atom is 0.270 e. The summed E-state index contributed by atoms with van der Waals surface area (Å²) >= 11 is 0. The van der Waals surface area contributed by atoms with Crippen LogP contribution in [0.15, 0.2) is 18.2 Å². The summed E-state index contributed by atoms with van der Waals surface area (Å²) in [5.74, 6) is -2.05. The van der Waals surface area contributed by atoms with Crippen molar-refractivity contribution < 1.29 is 27.6 Å². The Balaban J connectivity index is 2.19. The van der Waals surface area contributed by atoms with E-state index >= 15 is 4.39 Å². The van der Waals surface area contributed by atoms with Gasteiger partial charge in [0, 0.05) is 24.1 Å². The van der Waals surface area contributed by atoms with Gasteiger partial charge in [-0.3, -0.25) is 14.9 Å². The highest BCUT2D eigenvalue weighted by Crippen LogP contribution is 2.51. The fraction of sp³-hybridized carbons (Fsp3) is 0.500. The summed E-state index contributed by atoms with van der Waals surface area (Å²) in [6.07, 6.45) is -0.825. The highest BCUT2D eigenvalue weighted by molar-refractivity contribution is 5.87. The number of hydrogen-bond donors (Lipinski definition) is 1. The van der Waals surface area contributed by atoms with Gasteiger partial charge in [-0.15, -0.1) is 0 Å². The van der Waals surface area contributed by atoms with Crippen LogP contribution in [-0.4, -0.2) is 35.4 Å². The van der Waals surface area contributed by atoms with Crippen molar-refractivity contribution in [2.75, 3.05) is 13.2 Å². The average Bonchev–Trinajstić information content (AvgIpc) is 2.75. The lowest BCUT2D eigenvalue weighted by Gasteiger charge is -2.46. The van der Waals surface area contributed by atoms with Gasteiger partial charge in [0.25, 0.3) is 11.6 Å². The van der Waals surface area contributed by atoms with Crippen LogP contribution in [0.5, 0.6) is 0 Å². The topological polar surface area (TPSA) is 81.5 Å². The Morgan fingerprint density at radius 1 is 1.35 bits per heavy atom. The van der Waals surface area contributed by atoms with Gasteiger partial charge in [0.15, 0.2) is 11.3 Å². The molecule has 0 aliphatic carbocycles. The molecule has 2 saturated heterocycles. The number of alkyl halides is 2. The summed E-state index contributed by atoms with van der Waals surface area (Å²) < 4.78 is 48.9. The second-order valence-electron chi connectivity index (χ2n) is 6.11. The number of fused-ring (bicyclic) bond motifs is 1. The Labute approximate surface area is 128 Å². The molecule has 2 fully saturated rings. The van der Waals surface area contributed by atoms with Crippen molar-refractivity contribution in [1.29, 1.82) is 0 Å². The number of nitro groups is 1. The first-order chi connectivity index (χ1) is 10.6. The molecule has 23 heavy (non-hydrogen) atoms. The maximum atomic E-state index is 15.4. The Bertz CT molecular complexity index is 711. The Morgan fingerprint density at radius 3 is 2.70 bits per heavy atom. The van der Waals surface area contributed by atoms with E-state index in [9.17, 15) is 23.7 Å². The molecule has 1 aromatic rings. The zero-order chi connectivity index (χ0) is 17.0. The van der Waals surface area contributed by atoms with Crippen molar-refractivity contribution in [3.05, 3.63) is 39.7 Å². The lowest BCUT2D eigenvalue weighted by atomic mass is 9.69. The molecule has 2 heterocycles. The van der Waals surface area contributed by atoms with Gasteiger partial charge >= 0.3 is 0 Å². The Kier molecular flexibility index (Phi) is 3.19. The van der Waals surface area contributed by atoms with Crippen molar-refractivity contribution in [3.63, 3.8) is 0 Å². The van der Waals surface area contributed by atoms with Crippen LogP contribution in [0.4, 0.5) is 18.9 Å². The maximum absolute atomic E-state index is 15.4. The SMILES string of the molecule is C[C@@]1(F)C[C@]2(F)COC[C@]2(c2cc([N+](=O)[O-])ccc2F)NC1=O. The second-order valence-corrected chi connectivity index (χ2v) is 6.11. The van der Waals surface area contributed by atoms with Gasteiger partial charge in [0.2, 0.25) is 0 Å². The molecule has 3 rings (SSSR count). The number of hydrogen-bond acceptors (Lipinski definition) is 4. The number of non-ortho nitro benzene ring substituents is 1. The van der Waals surface area contributed by atoms with E-state index in [-0.39, 0.29) is 0 Å². The molecule has 0 unspecified atom stereocenters. The molecule has 9 heteroatoms. The van der Waals surface area contributed by atoms with Gasteiger partial charge in [0.05, 0.1) is 18.1 Å². The quantitative estimate of drug-likeness (QED) is 0.663. The lowest BCUT2D eigenvalue weighted by molar-refractivity contribution is -0.385. The third kappa shape index (κ3) is 2.10. The monoisotopic (exact) mass is 330 g/mol. The predicted molar refractivity (Wildman–Crippen MR) is 71.7 cm³/mol. The number of nitro benzene ring substituents is 1. The van der Waals surface area contributed by atoms with Gasteiger partial charge in [-0.25, -0.2) is 13.2 Å². The first kappa shape index (κ1) is 15.7. The number of carbonyl (C=O) groups excluding carboxylic acids is 1. The van der Waals surface area contributed by atoms with Crippen LogP contribution in [0, 0.1) is 15.9 Å². The van der Waals surface area contributed by atoms with E-state index < -0.39 is 64.4 Å². The minimum atomic E-state index is -2.48. The van der Waals surface area contributed by atoms with E-state index in [0.717, 1.165) is 25.1 Å². The number of nitrogens with one attached hydrogen (secondary N) is 1. The molecule has 2 aliphatic heterocycles. The van der Waals surface area contributed by atoms with Gasteiger partial charge in [0.1, 0.15) is 11.4 Å². The minimum absolute atomic E-state index is 0.421. The molecule has 1 N–H and O–H groups in total. The van der Waals surface area contributed by atoms with Crippen LogP contribution in [0.3, 0.4) is 0 Å². The van der Waals surface area contributed by atoms with E-state index in [0.29, 0.717) is 0 Å². The summed E-state index contributed by atoms with van der Waals surface area (Å²) in [7, 11) is 0. The molecular formula is C14H13F3N2O4. The van der Waals surface area contributed by atoms with E-state index in [2.05, 4.69) is 5.32 Å². The van der Waals surface area contributed by atoms with Crippen molar-refractivity contribution in [2.24, 2.45) is 0 Å². The van der Waals surface area contributed by atoms with Crippen LogP contribution >= 0.6 is 0 Å². The van der Waals surface area contributed by atoms with Crippen LogP contribution in [-0.2, 0) is 15.1 Å². The smallest absolute Gasteiger partial charge is 0.270 e. The predicted octanol–water partition coefficient (Wildman–Crippen LogP) is 1.92. The Hall–Kier alpha value is -2.16. The molecule has 1 aromatic carbocycles. The summed E-state index contributed by atoms with van der Waals surface area (Å²) in [5.41, 5.74) is -7.78. The van der Waals surface area contributed by atoms with Crippen LogP contribution in [0.25, 0.3) is 0 Å². The molecule has 0 spiro atoms. The zero-order valence-corrected chi connectivity index (χ0v) is 12.1. The molecule has 6 nitrogen and oxygen atoms in total. The number of nitrogens with zero attached hydrogens (tertiary/aromatic N) is 1. The molecule has 0 aromatic heterocycles. The van der Waals surface area contributed by atoms with Crippen LogP contribution < -0.4 is 5.32 Å². The van der Waals surface area contributed by atoms with Crippen molar-refractivity contribution in [2.45, 2.75) is 30.2 Å². The number of carbonyl (C=O) groups is 1. The summed E-state index contributed by atoms with van der Waals surface area (Å²) in [5, 5.41) is 13.1. The molecule has 124 valence electrons. The zero-order valence-electron chi connectivity index (χ0n) is 12.1. The number of amides is 1. The molecule has 1 amide bonds. The molecule has 0 bridgehead atoms. The first-order valence-electron chi connectivity index (χ1n) is 6.84. The van der Waals surface area contributed by atoms with Gasteiger partial charge in [-0.2, -0.15) is 0 Å². The van der Waals surface area contributed by atoms with Crippen LogP contribution in [0.1, 0.15) is 18.9 Å². The summed E-state index contributed by atoms with van der Waals surface area (Å²) in [6.45, 7) is -0.0615. The number of halogens is 3. The highest BCUT2D eigenvalue weighted by Gasteiger charge is 2.67. The molecule has 0 saturated carbocycles. The number of piperidine rings is 1. The standard InChI is InChI=1S/C14H13F3N2O4/c1-12(16)5-13(17)6-23-7-14(13,18-11(12)20)9-4-8(19(21)22)2-3-10(9)15/h2-4H,5-7H2,1H3,(H,18,20)/t12-,13+,14-/m1/s1. The average molecular weight is 330 g/mol. The summed E-state index contributed by atoms with van der Waals surface area (Å²) in [6, 6.07) is 2.59. The third-order valence-corrected chi connectivity index (χ3v) is 4.45. The van der Waals surface area contributed by atoms with Crippen LogP contribution in [0.2, 0.25) is 0 Å². The molecule has 3 atom stereocenters. The lowest BCUT2D eigenvalue weighted by Crippen LogP contribution is -2.69. The summed E-state index contributed by atoms with van der Waals surface area (Å²) in [4.78, 5) is 22.1. The fourth-order valence-electron chi connectivity index (χ4n) is 3.24. The number of rotatable bonds is 2. The normalized spacial score (nSPS) is 36.4. The fourth-order valence-corrected chi connectivity index (χ4v) is 3.24. The number of benzene rings is 1. The van der Waals surface area contributed by atoms with Crippen molar-refractivity contribution >= 4 is 11.6 Å². The second kappa shape index (κ2) is 4.67. The van der Waals surface area contributed by atoms with Crippen molar-refractivity contribution in [3.8, 4) is 0 Å². The third-order valence-electron chi connectivity index (χ3n) is 4.45. The number of ether oxygens (including phenoxy) is 1. The largest absolute Gasteiger partial charge is 0.375 e. The minimum Gasteiger partial charge on any atom is -0.375 e. The van der Waals surface area contributed by atoms with Gasteiger partial charge < -0.3 is 10.1 Å². The highest BCUT2D eigenvalue weighted by atomic mass is 19.2. The molecule has 2 aliphatic rings. The van der Waals surface area contributed by atoms with E-state index in [1.165, 1.54) is 0 Å². The van der Waals surface area contributed by atoms with E-state index in [1.807, 2.05) is 0 Å². The van der Waals surface area contributed by atoms with E-state index in [1.54, 1.807) is 0 Å².